The van der Waals surface area contributed by atoms with E-state index >= 15 is 0 Å². The summed E-state index contributed by atoms with van der Waals surface area (Å²) in [5, 5.41) is 11.1. The van der Waals surface area contributed by atoms with Gasteiger partial charge in [0, 0.05) is 30.0 Å². The summed E-state index contributed by atoms with van der Waals surface area (Å²) in [7, 11) is 0. The van der Waals surface area contributed by atoms with Gasteiger partial charge in [-0.1, -0.05) is 60.9 Å². The molecule has 2 aliphatic rings. The molecule has 4 rings (SSSR count). The minimum Gasteiger partial charge on any atom is -0.330 e. The van der Waals surface area contributed by atoms with Crippen LogP contribution in [0.1, 0.15) is 43.3 Å². The van der Waals surface area contributed by atoms with Crippen LogP contribution in [-0.4, -0.2) is 28.0 Å². The molecule has 182 valence electrons. The summed E-state index contributed by atoms with van der Waals surface area (Å²) in [4.78, 5) is 5.33. The number of aromatic nitrogens is 1. The van der Waals surface area contributed by atoms with Crippen molar-refractivity contribution in [1.29, 1.82) is 0 Å². The Morgan fingerprint density at radius 3 is 2.79 bits per heavy atom. The lowest BCUT2D eigenvalue weighted by molar-refractivity contribution is 0.598. The summed E-state index contributed by atoms with van der Waals surface area (Å²) in [5.41, 5.74) is 7.18. The molecule has 3 heterocycles. The fourth-order valence-corrected chi connectivity index (χ4v) is 5.91. The highest BCUT2D eigenvalue weighted by molar-refractivity contribution is 8.16. The molecule has 5 nitrogen and oxygen atoms in total. The Hall–Kier alpha value is -2.33. The van der Waals surface area contributed by atoms with Gasteiger partial charge in [0.25, 0.3) is 0 Å². The van der Waals surface area contributed by atoms with Crippen LogP contribution >= 0.6 is 23.1 Å². The number of hydrogen-bond acceptors (Lipinski definition) is 7. The number of nitrogens with two attached hydrogens (primary N) is 1. The molecule has 2 aromatic rings. The molecule has 0 spiro atoms. The van der Waals surface area contributed by atoms with Gasteiger partial charge in [0.1, 0.15) is 21.5 Å². The quantitative estimate of drug-likeness (QED) is 0.492. The van der Waals surface area contributed by atoms with E-state index in [0.29, 0.717) is 5.04 Å². The Morgan fingerprint density at radius 1 is 1.38 bits per heavy atom. The molecule has 0 aliphatic carbocycles. The third-order valence-corrected chi connectivity index (χ3v) is 7.66. The van der Waals surface area contributed by atoms with Crippen molar-refractivity contribution in [2.75, 3.05) is 18.1 Å². The van der Waals surface area contributed by atoms with Crippen LogP contribution in [0.5, 0.6) is 0 Å². The van der Waals surface area contributed by atoms with Crippen molar-refractivity contribution in [3.63, 3.8) is 0 Å². The number of halogens is 2. The Labute approximate surface area is 208 Å². The molecule has 0 bridgehead atoms. The second-order valence-electron chi connectivity index (χ2n) is 7.87. The van der Waals surface area contributed by atoms with Crippen LogP contribution in [-0.2, 0) is 13.0 Å². The number of hydrazone groups is 1. The van der Waals surface area contributed by atoms with E-state index in [9.17, 15) is 8.78 Å². The first kappa shape index (κ1) is 26.3. The van der Waals surface area contributed by atoms with E-state index in [0.717, 1.165) is 61.0 Å². The lowest BCUT2D eigenvalue weighted by atomic mass is 10.1. The summed E-state index contributed by atoms with van der Waals surface area (Å²) in [6.45, 7) is 12.3. The molecule has 0 radical (unpaired) electrons. The maximum atomic E-state index is 14.5. The van der Waals surface area contributed by atoms with Crippen LogP contribution in [0.2, 0.25) is 0 Å². The number of thiazole rings is 1. The van der Waals surface area contributed by atoms with E-state index in [1.54, 1.807) is 17.4 Å². The summed E-state index contributed by atoms with van der Waals surface area (Å²) in [6, 6.07) is 3.43. The molecule has 2 aliphatic heterocycles. The smallest absolute Gasteiger partial charge is 0.208 e. The third-order valence-electron chi connectivity index (χ3n) is 5.29. The molecule has 0 fully saturated rings. The van der Waals surface area contributed by atoms with Crippen LogP contribution in [0.15, 0.2) is 59.8 Å². The average molecular weight is 504 g/mol. The molecular formula is C25H31F2N5S2. The number of hydrogen-bond donors (Lipinski definition) is 2. The van der Waals surface area contributed by atoms with E-state index in [4.69, 9.17) is 15.8 Å². The molecule has 1 aromatic heterocycles. The Morgan fingerprint density at radius 2 is 2.15 bits per heavy atom. The number of fused-ring (bicyclic) bond motifs is 1. The second-order valence-corrected chi connectivity index (χ2v) is 10.3. The summed E-state index contributed by atoms with van der Waals surface area (Å²) < 4.78 is 28.4. The second kappa shape index (κ2) is 11.9. The predicted octanol–water partition coefficient (Wildman–Crippen LogP) is 5.74. The zero-order valence-corrected chi connectivity index (χ0v) is 21.4. The summed E-state index contributed by atoms with van der Waals surface area (Å²) in [6.07, 6.45) is 9.52. The number of rotatable bonds is 6. The lowest BCUT2D eigenvalue weighted by Crippen LogP contribution is -2.38. The van der Waals surface area contributed by atoms with Crippen LogP contribution in [0.4, 0.5) is 13.9 Å². The fourth-order valence-electron chi connectivity index (χ4n) is 3.49. The predicted molar refractivity (Wildman–Crippen MR) is 141 cm³/mol. The zero-order chi connectivity index (χ0) is 24.7. The van der Waals surface area contributed by atoms with Gasteiger partial charge in [0.15, 0.2) is 0 Å². The molecule has 1 unspecified atom stereocenters. The van der Waals surface area contributed by atoms with Crippen LogP contribution in [0.3, 0.4) is 0 Å². The van der Waals surface area contributed by atoms with Crippen molar-refractivity contribution in [2.24, 2.45) is 10.8 Å². The molecule has 1 aromatic carbocycles. The molecule has 0 saturated carbocycles. The first-order chi connectivity index (χ1) is 16.4. The molecule has 1 atom stereocenters. The van der Waals surface area contributed by atoms with E-state index in [1.807, 2.05) is 37.1 Å². The topological polar surface area (TPSA) is 66.5 Å². The SMILES string of the molecule is C=C/C=C(\C=C/C)C1(C)SC(c2cc(F)ccc2F)=NN1c1nc2c(s1)CNCC2.CCCN. The van der Waals surface area contributed by atoms with E-state index in [2.05, 4.69) is 18.8 Å². The van der Waals surface area contributed by atoms with Crippen molar-refractivity contribution in [1.82, 2.24) is 10.3 Å². The molecule has 0 amide bonds. The maximum absolute atomic E-state index is 14.5. The van der Waals surface area contributed by atoms with Crippen molar-refractivity contribution in [3.8, 4) is 0 Å². The van der Waals surface area contributed by atoms with Gasteiger partial charge in [-0.15, -0.1) is 0 Å². The minimum absolute atomic E-state index is 0.148. The van der Waals surface area contributed by atoms with Crippen LogP contribution in [0, 0.1) is 11.6 Å². The Balaban J connectivity index is 0.000000751. The number of nitrogens with one attached hydrogen (secondary N) is 1. The number of allylic oxidation sites excluding steroid dienone is 3. The highest BCUT2D eigenvalue weighted by Crippen LogP contribution is 2.48. The van der Waals surface area contributed by atoms with Crippen molar-refractivity contribution < 1.29 is 8.78 Å². The van der Waals surface area contributed by atoms with Gasteiger partial charge in [-0.3, -0.25) is 0 Å². The Kier molecular flexibility index (Phi) is 9.18. The van der Waals surface area contributed by atoms with Crippen molar-refractivity contribution >= 4 is 33.3 Å². The monoisotopic (exact) mass is 503 g/mol. The van der Waals surface area contributed by atoms with Gasteiger partial charge in [-0.2, -0.15) is 5.10 Å². The minimum atomic E-state index is -0.692. The number of anilines is 1. The molecule has 3 N–H and O–H groups in total. The Bertz CT molecular complexity index is 1080. The van der Waals surface area contributed by atoms with Gasteiger partial charge in [-0.05, 0) is 50.6 Å². The normalized spacial score (nSPS) is 20.1. The van der Waals surface area contributed by atoms with E-state index in [1.165, 1.54) is 22.7 Å². The molecule has 9 heteroatoms. The van der Waals surface area contributed by atoms with Gasteiger partial charge in [0.2, 0.25) is 5.13 Å². The van der Waals surface area contributed by atoms with E-state index in [-0.39, 0.29) is 5.56 Å². The highest BCUT2D eigenvalue weighted by atomic mass is 32.2. The lowest BCUT2D eigenvalue weighted by Gasteiger charge is -2.32. The zero-order valence-electron chi connectivity index (χ0n) is 19.8. The van der Waals surface area contributed by atoms with Crippen molar-refractivity contribution in [3.05, 3.63) is 82.4 Å². The number of benzene rings is 1. The molecular weight excluding hydrogens is 472 g/mol. The van der Waals surface area contributed by atoms with E-state index < -0.39 is 16.5 Å². The maximum Gasteiger partial charge on any atom is 0.208 e. The number of thioether (sulfide) groups is 1. The fraction of sp³-hybridized carbons (Fsp3) is 0.360. The standard InChI is InChI=1S/C22H22F2N4S2.C3H9N/c1-4-6-14(7-5-2)22(3)28(21-26-18-10-11-25-13-19(18)29-21)27-20(30-22)16-12-15(23)8-9-17(16)24;1-2-3-4/h4-9,12,25H,1,10-11,13H2,2-3H3;2-4H2,1H3/b7-5-,14-6+;. The largest absolute Gasteiger partial charge is 0.330 e. The van der Waals surface area contributed by atoms with Gasteiger partial charge in [0.05, 0.1) is 5.69 Å². The highest BCUT2D eigenvalue weighted by Gasteiger charge is 2.45. The van der Waals surface area contributed by atoms with Crippen LogP contribution in [0.25, 0.3) is 0 Å². The molecule has 0 saturated heterocycles. The molecule has 34 heavy (non-hydrogen) atoms. The summed E-state index contributed by atoms with van der Waals surface area (Å²) in [5.74, 6) is -1.00. The third kappa shape index (κ3) is 5.66. The average Bonchev–Trinajstić information content (AvgIpc) is 3.42. The van der Waals surface area contributed by atoms with Crippen LogP contribution < -0.4 is 16.1 Å². The number of nitrogens with zero attached hydrogens (tertiary/aromatic N) is 3. The first-order valence-electron chi connectivity index (χ1n) is 11.3. The van der Waals surface area contributed by atoms with Gasteiger partial charge in [-0.25, -0.2) is 18.8 Å². The summed E-state index contributed by atoms with van der Waals surface area (Å²) >= 11 is 2.96. The van der Waals surface area contributed by atoms with Gasteiger partial charge < -0.3 is 11.1 Å². The first-order valence-corrected chi connectivity index (χ1v) is 12.9. The van der Waals surface area contributed by atoms with Crippen molar-refractivity contribution in [2.45, 2.75) is 45.0 Å². The van der Waals surface area contributed by atoms with Gasteiger partial charge >= 0.3 is 0 Å².